The Kier molecular flexibility index (Phi) is 4.51. The van der Waals surface area contributed by atoms with Crippen LogP contribution in [0.5, 0.6) is 0 Å². The highest BCUT2D eigenvalue weighted by molar-refractivity contribution is 5.94. The number of carbonyl (C=O) groups is 1. The van der Waals surface area contributed by atoms with Crippen molar-refractivity contribution in [3.8, 4) is 11.4 Å². The van der Waals surface area contributed by atoms with E-state index in [2.05, 4.69) is 41.1 Å². The molecule has 2 aliphatic heterocycles. The monoisotopic (exact) mass is 384 g/mol. The molecule has 1 amide bonds. The number of aromatic nitrogens is 2. The zero-order valence-corrected chi connectivity index (χ0v) is 16.6. The van der Waals surface area contributed by atoms with E-state index in [4.69, 9.17) is 4.98 Å². The average molecular weight is 384 g/mol. The fourth-order valence-corrected chi connectivity index (χ4v) is 4.38. The van der Waals surface area contributed by atoms with Crippen molar-refractivity contribution in [1.82, 2.24) is 14.9 Å². The van der Waals surface area contributed by atoms with Gasteiger partial charge in [0, 0.05) is 36.4 Å². The molecule has 3 heterocycles. The molecule has 146 valence electrons. The second-order valence-corrected chi connectivity index (χ2v) is 7.85. The maximum atomic E-state index is 13.1. The Labute approximate surface area is 171 Å². The summed E-state index contributed by atoms with van der Waals surface area (Å²) in [5.41, 5.74) is 3.88. The molecule has 29 heavy (non-hydrogen) atoms. The molecule has 0 N–H and O–H groups in total. The van der Waals surface area contributed by atoms with Crippen LogP contribution in [-0.2, 0) is 6.42 Å². The van der Waals surface area contributed by atoms with Gasteiger partial charge in [0.25, 0.3) is 5.91 Å². The van der Waals surface area contributed by atoms with Crippen molar-refractivity contribution in [2.24, 2.45) is 0 Å². The van der Waals surface area contributed by atoms with Crippen LogP contribution in [0.25, 0.3) is 11.4 Å². The van der Waals surface area contributed by atoms with Gasteiger partial charge >= 0.3 is 0 Å². The quantitative estimate of drug-likeness (QED) is 0.669. The summed E-state index contributed by atoms with van der Waals surface area (Å²) in [4.78, 5) is 26.8. The van der Waals surface area contributed by atoms with E-state index in [0.717, 1.165) is 49.4 Å². The highest BCUT2D eigenvalue weighted by atomic mass is 16.2. The maximum absolute atomic E-state index is 13.1. The first kappa shape index (κ1) is 17.9. The number of para-hydroxylation sites is 1. The van der Waals surface area contributed by atoms with Gasteiger partial charge in [0.1, 0.15) is 11.5 Å². The minimum Gasteiger partial charge on any atom is -0.337 e. The van der Waals surface area contributed by atoms with Gasteiger partial charge in [-0.05, 0) is 37.8 Å². The Morgan fingerprint density at radius 3 is 2.48 bits per heavy atom. The summed E-state index contributed by atoms with van der Waals surface area (Å²) in [5.74, 6) is 1.39. The molecule has 0 aliphatic carbocycles. The first-order chi connectivity index (χ1) is 14.2. The molecule has 5 rings (SSSR count). The van der Waals surface area contributed by atoms with E-state index in [1.165, 1.54) is 5.56 Å². The summed E-state index contributed by atoms with van der Waals surface area (Å²) >= 11 is 0. The smallest absolute Gasteiger partial charge is 0.272 e. The molecule has 0 spiro atoms. The fraction of sp³-hybridized carbons (Fsp3) is 0.292. The lowest BCUT2D eigenvalue weighted by Gasteiger charge is -2.25. The van der Waals surface area contributed by atoms with Crippen LogP contribution in [0.2, 0.25) is 0 Å². The van der Waals surface area contributed by atoms with Crippen LogP contribution < -0.4 is 4.90 Å². The minimum atomic E-state index is 0.00321. The summed E-state index contributed by atoms with van der Waals surface area (Å²) in [6, 6.07) is 20.5. The molecule has 0 saturated carbocycles. The van der Waals surface area contributed by atoms with Crippen molar-refractivity contribution in [3.63, 3.8) is 0 Å². The molecule has 1 atom stereocenters. The largest absolute Gasteiger partial charge is 0.337 e. The Hall–Kier alpha value is -3.21. The normalized spacial score (nSPS) is 18.2. The van der Waals surface area contributed by atoms with Crippen molar-refractivity contribution in [1.29, 1.82) is 0 Å². The predicted molar refractivity (Wildman–Crippen MR) is 114 cm³/mol. The van der Waals surface area contributed by atoms with Crippen LogP contribution in [-0.4, -0.2) is 39.9 Å². The Morgan fingerprint density at radius 1 is 0.966 bits per heavy atom. The third-order valence-corrected chi connectivity index (χ3v) is 5.81. The fourth-order valence-electron chi connectivity index (χ4n) is 4.38. The van der Waals surface area contributed by atoms with Crippen molar-refractivity contribution in [2.45, 2.75) is 32.2 Å². The Bertz CT molecular complexity index is 1040. The molecule has 1 saturated heterocycles. The van der Waals surface area contributed by atoms with Gasteiger partial charge in [-0.3, -0.25) is 4.79 Å². The molecule has 1 unspecified atom stereocenters. The van der Waals surface area contributed by atoms with E-state index in [9.17, 15) is 4.79 Å². The Morgan fingerprint density at radius 2 is 1.69 bits per heavy atom. The molecule has 5 heteroatoms. The van der Waals surface area contributed by atoms with E-state index in [0.29, 0.717) is 11.5 Å². The van der Waals surface area contributed by atoms with Gasteiger partial charge in [-0.2, -0.15) is 0 Å². The molecule has 2 aliphatic rings. The van der Waals surface area contributed by atoms with Crippen LogP contribution in [0.15, 0.2) is 60.7 Å². The average Bonchev–Trinajstić information content (AvgIpc) is 3.41. The molecule has 5 nitrogen and oxygen atoms in total. The molecule has 1 aromatic heterocycles. The first-order valence-electron chi connectivity index (χ1n) is 10.3. The Balaban J connectivity index is 1.63. The lowest BCUT2D eigenvalue weighted by molar-refractivity contribution is 0.0787. The second kappa shape index (κ2) is 7.32. The van der Waals surface area contributed by atoms with Crippen LogP contribution in [0, 0.1) is 0 Å². The number of hydrogen-bond donors (Lipinski definition) is 0. The van der Waals surface area contributed by atoms with Gasteiger partial charge in [-0.25, -0.2) is 9.97 Å². The third-order valence-electron chi connectivity index (χ3n) is 5.81. The van der Waals surface area contributed by atoms with Crippen molar-refractivity contribution >= 4 is 17.4 Å². The number of amides is 1. The minimum absolute atomic E-state index is 0.00321. The van der Waals surface area contributed by atoms with Crippen LogP contribution in [0.4, 0.5) is 11.5 Å². The summed E-state index contributed by atoms with van der Waals surface area (Å²) < 4.78 is 0. The van der Waals surface area contributed by atoms with E-state index in [1.54, 1.807) is 0 Å². The summed E-state index contributed by atoms with van der Waals surface area (Å²) in [5, 5.41) is 0. The van der Waals surface area contributed by atoms with Crippen molar-refractivity contribution in [2.75, 3.05) is 18.0 Å². The topological polar surface area (TPSA) is 49.3 Å². The van der Waals surface area contributed by atoms with Crippen molar-refractivity contribution in [3.05, 3.63) is 71.9 Å². The highest BCUT2D eigenvalue weighted by Gasteiger charge is 2.30. The summed E-state index contributed by atoms with van der Waals surface area (Å²) in [6.45, 7) is 3.82. The zero-order valence-electron chi connectivity index (χ0n) is 16.6. The van der Waals surface area contributed by atoms with E-state index >= 15 is 0 Å². The standard InChI is InChI=1S/C24H24N4O/c1-17-15-19-11-5-6-12-21(19)28(17)22-16-20(24(29)27-13-7-8-14-27)25-23(26-22)18-9-3-2-4-10-18/h2-6,9-12,16-17H,7-8,13-15H2,1H3. The lowest BCUT2D eigenvalue weighted by Crippen LogP contribution is -2.30. The van der Waals surface area contributed by atoms with Gasteiger partial charge in [-0.1, -0.05) is 48.5 Å². The highest BCUT2D eigenvalue weighted by Crippen LogP contribution is 2.38. The van der Waals surface area contributed by atoms with Gasteiger partial charge in [0.2, 0.25) is 0 Å². The predicted octanol–water partition coefficient (Wildman–Crippen LogP) is 4.46. The number of benzene rings is 2. The molecule has 0 radical (unpaired) electrons. The first-order valence-corrected chi connectivity index (χ1v) is 10.3. The van der Waals surface area contributed by atoms with Crippen LogP contribution >= 0.6 is 0 Å². The molecular weight excluding hydrogens is 360 g/mol. The number of anilines is 2. The van der Waals surface area contributed by atoms with Crippen LogP contribution in [0.3, 0.4) is 0 Å². The number of nitrogens with zero attached hydrogens (tertiary/aromatic N) is 4. The van der Waals surface area contributed by atoms with E-state index in [-0.39, 0.29) is 11.9 Å². The van der Waals surface area contributed by atoms with Gasteiger partial charge in [0.05, 0.1) is 0 Å². The number of fused-ring (bicyclic) bond motifs is 1. The summed E-state index contributed by atoms with van der Waals surface area (Å²) in [7, 11) is 0. The lowest BCUT2D eigenvalue weighted by atomic mass is 10.1. The van der Waals surface area contributed by atoms with Crippen molar-refractivity contribution < 1.29 is 4.79 Å². The number of likely N-dealkylation sites (tertiary alicyclic amines) is 1. The van der Waals surface area contributed by atoms with Gasteiger partial charge in [0.15, 0.2) is 5.82 Å². The van der Waals surface area contributed by atoms with E-state index in [1.807, 2.05) is 41.3 Å². The zero-order chi connectivity index (χ0) is 19.8. The molecule has 1 fully saturated rings. The van der Waals surface area contributed by atoms with Gasteiger partial charge in [-0.15, -0.1) is 0 Å². The summed E-state index contributed by atoms with van der Waals surface area (Å²) in [6.07, 6.45) is 3.09. The second-order valence-electron chi connectivity index (χ2n) is 7.85. The SMILES string of the molecule is CC1Cc2ccccc2N1c1cc(C(=O)N2CCCC2)nc(-c2ccccc2)n1. The number of rotatable bonds is 3. The van der Waals surface area contributed by atoms with Gasteiger partial charge < -0.3 is 9.80 Å². The molecule has 2 aromatic carbocycles. The third kappa shape index (κ3) is 3.27. The van der Waals surface area contributed by atoms with Crippen LogP contribution in [0.1, 0.15) is 35.8 Å². The number of hydrogen-bond acceptors (Lipinski definition) is 4. The maximum Gasteiger partial charge on any atom is 0.272 e. The van der Waals surface area contributed by atoms with E-state index < -0.39 is 0 Å². The molecule has 3 aromatic rings. The number of carbonyl (C=O) groups excluding carboxylic acids is 1. The molecule has 0 bridgehead atoms. The molecular formula is C24H24N4O.